The molecule has 1 aliphatic heterocycles. The lowest BCUT2D eigenvalue weighted by Crippen LogP contribution is -2.31. The molecule has 1 saturated heterocycles. The highest BCUT2D eigenvalue weighted by Crippen LogP contribution is 2.30. The standard InChI is InChI=1S/C20H21ClN4O3S2/c1-14-13-29-20(22-14)18-10-15(11-25(18)12-19(26)24-8-4-5-9-24)30(27,28)23-17-7-3-2-6-16(17)21/h2-3,6-7,10-11,13,23H,4-5,8-9,12H2,1H3. The number of benzene rings is 1. The Morgan fingerprint density at radius 2 is 2.00 bits per heavy atom. The number of thiazole rings is 1. The molecule has 2 aromatic heterocycles. The molecule has 0 saturated carbocycles. The molecule has 158 valence electrons. The minimum atomic E-state index is -3.90. The van der Waals surface area contributed by atoms with Gasteiger partial charge in [-0.3, -0.25) is 9.52 Å². The molecule has 30 heavy (non-hydrogen) atoms. The number of halogens is 1. The third kappa shape index (κ3) is 4.38. The summed E-state index contributed by atoms with van der Waals surface area (Å²) in [6, 6.07) is 8.19. The number of anilines is 1. The van der Waals surface area contributed by atoms with Gasteiger partial charge in [0, 0.05) is 30.4 Å². The number of carbonyl (C=O) groups excluding carboxylic acids is 1. The van der Waals surface area contributed by atoms with Crippen molar-refractivity contribution in [3.8, 4) is 10.7 Å². The van der Waals surface area contributed by atoms with E-state index in [1.54, 1.807) is 34.9 Å². The molecule has 0 spiro atoms. The van der Waals surface area contributed by atoms with Gasteiger partial charge in [-0.1, -0.05) is 23.7 Å². The first-order valence-electron chi connectivity index (χ1n) is 9.51. The first-order chi connectivity index (χ1) is 14.3. The lowest BCUT2D eigenvalue weighted by atomic mass is 10.3. The molecule has 1 aromatic carbocycles. The largest absolute Gasteiger partial charge is 0.341 e. The van der Waals surface area contributed by atoms with E-state index in [0.717, 1.165) is 31.6 Å². The number of aromatic nitrogens is 2. The summed E-state index contributed by atoms with van der Waals surface area (Å²) in [5, 5.41) is 2.87. The highest BCUT2D eigenvalue weighted by atomic mass is 35.5. The third-order valence-corrected chi connectivity index (χ3v) is 7.55. The van der Waals surface area contributed by atoms with E-state index >= 15 is 0 Å². The summed E-state index contributed by atoms with van der Waals surface area (Å²) in [5.41, 5.74) is 1.74. The van der Waals surface area contributed by atoms with Gasteiger partial charge in [-0.2, -0.15) is 0 Å². The number of hydrogen-bond donors (Lipinski definition) is 1. The van der Waals surface area contributed by atoms with Crippen molar-refractivity contribution in [1.29, 1.82) is 0 Å². The Bertz CT molecular complexity index is 1180. The van der Waals surface area contributed by atoms with Crippen LogP contribution in [0.15, 0.2) is 46.8 Å². The predicted molar refractivity (Wildman–Crippen MR) is 118 cm³/mol. The van der Waals surface area contributed by atoms with E-state index in [1.807, 2.05) is 17.2 Å². The van der Waals surface area contributed by atoms with Crippen LogP contribution in [0.4, 0.5) is 5.69 Å². The monoisotopic (exact) mass is 464 g/mol. The summed E-state index contributed by atoms with van der Waals surface area (Å²) in [6.45, 7) is 3.42. The van der Waals surface area contributed by atoms with Gasteiger partial charge in [0.2, 0.25) is 5.91 Å². The molecule has 0 aliphatic carbocycles. The number of nitrogens with one attached hydrogen (secondary N) is 1. The summed E-state index contributed by atoms with van der Waals surface area (Å²) < 4.78 is 30.2. The van der Waals surface area contributed by atoms with Crippen molar-refractivity contribution in [1.82, 2.24) is 14.5 Å². The van der Waals surface area contributed by atoms with Crippen LogP contribution >= 0.6 is 22.9 Å². The molecule has 7 nitrogen and oxygen atoms in total. The second-order valence-corrected chi connectivity index (χ2v) is 10.1. The maximum Gasteiger partial charge on any atom is 0.263 e. The van der Waals surface area contributed by atoms with Gasteiger partial charge >= 0.3 is 0 Å². The summed E-state index contributed by atoms with van der Waals surface area (Å²) in [7, 11) is -3.90. The van der Waals surface area contributed by atoms with Crippen molar-refractivity contribution in [3.05, 3.63) is 52.6 Å². The Balaban J connectivity index is 1.69. The van der Waals surface area contributed by atoms with Gasteiger partial charge in [-0.25, -0.2) is 13.4 Å². The molecule has 1 fully saturated rings. The zero-order chi connectivity index (χ0) is 21.3. The molecule has 4 rings (SSSR count). The summed E-state index contributed by atoms with van der Waals surface area (Å²) in [6.07, 6.45) is 3.48. The zero-order valence-corrected chi connectivity index (χ0v) is 18.7. The van der Waals surface area contributed by atoms with Gasteiger partial charge < -0.3 is 9.47 Å². The quantitative estimate of drug-likeness (QED) is 0.597. The predicted octanol–water partition coefficient (Wildman–Crippen LogP) is 4.00. The van der Waals surface area contributed by atoms with Crippen molar-refractivity contribution in [2.45, 2.75) is 31.2 Å². The lowest BCUT2D eigenvalue weighted by molar-refractivity contribution is -0.130. The molecule has 3 aromatic rings. The number of rotatable bonds is 6. The fraction of sp³-hybridized carbons (Fsp3) is 0.300. The summed E-state index contributed by atoms with van der Waals surface area (Å²) in [5.74, 6) is -0.0272. The number of amides is 1. The van der Waals surface area contributed by atoms with E-state index in [4.69, 9.17) is 11.6 Å². The highest BCUT2D eigenvalue weighted by Gasteiger charge is 2.24. The van der Waals surface area contributed by atoms with Crippen molar-refractivity contribution in [3.63, 3.8) is 0 Å². The topological polar surface area (TPSA) is 84.3 Å². The normalized spacial score (nSPS) is 14.3. The van der Waals surface area contributed by atoms with E-state index in [-0.39, 0.29) is 17.3 Å². The minimum Gasteiger partial charge on any atom is -0.341 e. The molecular formula is C20H21ClN4O3S2. The third-order valence-electron chi connectivity index (χ3n) is 4.90. The van der Waals surface area contributed by atoms with Crippen LogP contribution in [0.1, 0.15) is 18.5 Å². The van der Waals surface area contributed by atoms with Crippen LogP contribution in [0.3, 0.4) is 0 Å². The number of nitrogens with zero attached hydrogens (tertiary/aromatic N) is 3. The average Bonchev–Trinajstić information content (AvgIpc) is 3.44. The SMILES string of the molecule is Cc1csc(-c2cc(S(=O)(=O)Nc3ccccc3Cl)cn2CC(=O)N2CCCC2)n1. The number of sulfonamides is 1. The number of aryl methyl sites for hydroxylation is 1. The number of carbonyl (C=O) groups is 1. The fourth-order valence-corrected chi connectivity index (χ4v) is 5.56. The smallest absolute Gasteiger partial charge is 0.263 e. The van der Waals surface area contributed by atoms with E-state index in [1.165, 1.54) is 17.5 Å². The van der Waals surface area contributed by atoms with Crippen molar-refractivity contribution >= 4 is 44.6 Å². The molecule has 0 atom stereocenters. The van der Waals surface area contributed by atoms with Crippen molar-refractivity contribution in [2.24, 2.45) is 0 Å². The van der Waals surface area contributed by atoms with Crippen LogP contribution in [-0.2, 0) is 21.4 Å². The van der Waals surface area contributed by atoms with Crippen LogP contribution in [-0.4, -0.2) is 41.9 Å². The number of hydrogen-bond acceptors (Lipinski definition) is 5. The Morgan fingerprint density at radius 1 is 1.27 bits per heavy atom. The Kier molecular flexibility index (Phi) is 5.86. The van der Waals surface area contributed by atoms with Gasteiger partial charge in [-0.05, 0) is 38.0 Å². The Hall–Kier alpha value is -2.36. The summed E-state index contributed by atoms with van der Waals surface area (Å²) in [4.78, 5) is 19.0. The van der Waals surface area contributed by atoms with Gasteiger partial charge in [0.15, 0.2) is 0 Å². The van der Waals surface area contributed by atoms with E-state index in [9.17, 15) is 13.2 Å². The minimum absolute atomic E-state index is 0.0272. The van der Waals surface area contributed by atoms with Crippen LogP contribution in [0.2, 0.25) is 5.02 Å². The number of para-hydroxylation sites is 1. The van der Waals surface area contributed by atoms with Gasteiger partial charge in [0.05, 0.1) is 16.4 Å². The second-order valence-electron chi connectivity index (χ2n) is 7.16. The molecule has 10 heteroatoms. The van der Waals surface area contributed by atoms with Crippen LogP contribution in [0.5, 0.6) is 0 Å². The molecule has 1 amide bonds. The van der Waals surface area contributed by atoms with Crippen molar-refractivity contribution in [2.75, 3.05) is 17.8 Å². The number of likely N-dealkylation sites (tertiary alicyclic amines) is 1. The van der Waals surface area contributed by atoms with Crippen LogP contribution in [0, 0.1) is 6.92 Å². The van der Waals surface area contributed by atoms with E-state index in [0.29, 0.717) is 21.4 Å². The molecule has 0 bridgehead atoms. The average molecular weight is 465 g/mol. The Labute approximate surface area is 184 Å². The highest BCUT2D eigenvalue weighted by molar-refractivity contribution is 7.92. The zero-order valence-electron chi connectivity index (χ0n) is 16.3. The molecular weight excluding hydrogens is 444 g/mol. The van der Waals surface area contributed by atoms with E-state index in [2.05, 4.69) is 9.71 Å². The fourth-order valence-electron chi connectivity index (χ4n) is 3.37. The van der Waals surface area contributed by atoms with Crippen molar-refractivity contribution < 1.29 is 13.2 Å². The van der Waals surface area contributed by atoms with Crippen LogP contribution in [0.25, 0.3) is 10.7 Å². The van der Waals surface area contributed by atoms with Crippen LogP contribution < -0.4 is 4.72 Å². The maximum absolute atomic E-state index is 13.0. The first-order valence-corrected chi connectivity index (χ1v) is 12.3. The maximum atomic E-state index is 13.0. The molecule has 0 radical (unpaired) electrons. The lowest BCUT2D eigenvalue weighted by Gasteiger charge is -2.16. The molecule has 3 heterocycles. The van der Waals surface area contributed by atoms with Gasteiger partial charge in [0.1, 0.15) is 16.4 Å². The molecule has 1 aliphatic rings. The Morgan fingerprint density at radius 3 is 2.67 bits per heavy atom. The van der Waals surface area contributed by atoms with E-state index < -0.39 is 10.0 Å². The molecule has 0 unspecified atom stereocenters. The molecule has 1 N–H and O–H groups in total. The van der Waals surface area contributed by atoms with Gasteiger partial charge in [-0.15, -0.1) is 11.3 Å². The first kappa shape index (κ1) is 20.9. The second kappa shape index (κ2) is 8.41. The van der Waals surface area contributed by atoms with Gasteiger partial charge in [0.25, 0.3) is 10.0 Å². The summed E-state index contributed by atoms with van der Waals surface area (Å²) >= 11 is 7.52.